The Kier molecular flexibility index (Phi) is 15.1. The summed E-state index contributed by atoms with van der Waals surface area (Å²) in [6, 6.07) is 48.6. The molecule has 7 aromatic rings. The standard InChI is InChI=1S/C21H19N3.C12H17NS.C11H10N2O.CH4/c1-15(2)20-22-23-21(24(20)19-10-4-3-5-11-19)18-13-12-16-8-6-7-9-17(16)14-18;1-4-14-12(10(2)3)13-11-8-6-5-7-9-11;12-13-11(14)10-6-5-8-3-1-2-4-9(8)7-10;/h3-15H,1-2H3;5-10H,4H2,1-3H3;1-7H,12H2,(H,13,14);1H4. The van der Waals surface area contributed by atoms with Crippen LogP contribution in [0.1, 0.15) is 64.1 Å². The molecule has 8 heteroatoms. The minimum Gasteiger partial charge on any atom is -0.290 e. The molecule has 272 valence electrons. The first-order valence-electron chi connectivity index (χ1n) is 17.5. The van der Waals surface area contributed by atoms with Gasteiger partial charge in [-0.2, -0.15) is 0 Å². The third-order valence-electron chi connectivity index (χ3n) is 8.15. The van der Waals surface area contributed by atoms with Crippen molar-refractivity contribution >= 4 is 49.9 Å². The summed E-state index contributed by atoms with van der Waals surface area (Å²) in [5.41, 5.74) is 5.91. The molecule has 1 amide bonds. The van der Waals surface area contributed by atoms with Crippen molar-refractivity contribution in [1.82, 2.24) is 20.2 Å². The first-order valence-corrected chi connectivity index (χ1v) is 18.5. The van der Waals surface area contributed by atoms with Crippen LogP contribution in [0.5, 0.6) is 0 Å². The molecule has 3 N–H and O–H groups in total. The van der Waals surface area contributed by atoms with Gasteiger partial charge in [0.2, 0.25) is 0 Å². The molecular formula is C45H50N6OS. The van der Waals surface area contributed by atoms with Crippen LogP contribution in [-0.2, 0) is 0 Å². The lowest BCUT2D eigenvalue weighted by atomic mass is 10.1. The van der Waals surface area contributed by atoms with Gasteiger partial charge in [0.15, 0.2) is 5.82 Å². The molecule has 53 heavy (non-hydrogen) atoms. The molecule has 1 heterocycles. The Labute approximate surface area is 318 Å². The quantitative estimate of drug-likeness (QED) is 0.0561. The van der Waals surface area contributed by atoms with E-state index >= 15 is 0 Å². The number of hydrazine groups is 1. The zero-order chi connectivity index (χ0) is 36.9. The van der Waals surface area contributed by atoms with Crippen LogP contribution in [-0.4, -0.2) is 31.5 Å². The SMILES string of the molecule is C.CC(C)c1nnc(-c2ccc3ccccc3c2)n1-c1ccccc1.CCSC(=Nc1ccccc1)C(C)C.NNC(=O)c1ccc2ccccc2c1. The van der Waals surface area contributed by atoms with Gasteiger partial charge in [0.1, 0.15) is 5.82 Å². The van der Waals surface area contributed by atoms with E-state index in [0.29, 0.717) is 17.4 Å². The Morgan fingerprint density at radius 1 is 0.717 bits per heavy atom. The smallest absolute Gasteiger partial charge is 0.265 e. The van der Waals surface area contributed by atoms with Crippen molar-refractivity contribution in [3.63, 3.8) is 0 Å². The highest BCUT2D eigenvalue weighted by atomic mass is 32.2. The topological polar surface area (TPSA) is 98.2 Å². The zero-order valence-electron chi connectivity index (χ0n) is 30.4. The second-order valence-corrected chi connectivity index (χ2v) is 14.0. The van der Waals surface area contributed by atoms with E-state index in [0.717, 1.165) is 45.1 Å². The summed E-state index contributed by atoms with van der Waals surface area (Å²) in [7, 11) is 0. The van der Waals surface area contributed by atoms with Crippen molar-refractivity contribution in [3.05, 3.63) is 157 Å². The van der Waals surface area contributed by atoms with E-state index in [1.165, 1.54) is 15.8 Å². The summed E-state index contributed by atoms with van der Waals surface area (Å²) in [5.74, 6) is 8.54. The Morgan fingerprint density at radius 3 is 1.83 bits per heavy atom. The van der Waals surface area contributed by atoms with Gasteiger partial charge in [-0.25, -0.2) is 10.8 Å². The monoisotopic (exact) mass is 722 g/mol. The number of thioether (sulfide) groups is 1. The van der Waals surface area contributed by atoms with Crippen LogP contribution in [0.2, 0.25) is 0 Å². The number of hydrogen-bond acceptors (Lipinski definition) is 6. The molecule has 0 spiro atoms. The van der Waals surface area contributed by atoms with E-state index in [1.807, 2.05) is 96.7 Å². The number of carbonyl (C=O) groups excluding carboxylic acids is 1. The lowest BCUT2D eigenvalue weighted by molar-refractivity contribution is 0.0953. The van der Waals surface area contributed by atoms with Gasteiger partial charge in [-0.1, -0.05) is 145 Å². The summed E-state index contributed by atoms with van der Waals surface area (Å²) < 4.78 is 2.16. The Hall–Kier alpha value is -5.57. The van der Waals surface area contributed by atoms with E-state index in [9.17, 15) is 4.79 Å². The summed E-state index contributed by atoms with van der Waals surface area (Å²) in [5, 5.41) is 14.8. The van der Waals surface area contributed by atoms with Crippen LogP contribution in [0.3, 0.4) is 0 Å². The molecule has 0 atom stereocenters. The third-order valence-corrected chi connectivity index (χ3v) is 9.30. The van der Waals surface area contributed by atoms with Crippen molar-refractivity contribution in [2.24, 2.45) is 16.8 Å². The van der Waals surface area contributed by atoms with Crippen molar-refractivity contribution in [3.8, 4) is 17.1 Å². The Bertz CT molecular complexity index is 2230. The highest BCUT2D eigenvalue weighted by molar-refractivity contribution is 8.13. The predicted molar refractivity (Wildman–Crippen MR) is 227 cm³/mol. The van der Waals surface area contributed by atoms with Crippen molar-refractivity contribution in [2.45, 2.75) is 48.0 Å². The molecule has 0 saturated heterocycles. The minimum absolute atomic E-state index is 0. The van der Waals surface area contributed by atoms with Crippen LogP contribution in [0.15, 0.2) is 151 Å². The molecule has 0 bridgehead atoms. The lowest BCUT2D eigenvalue weighted by Gasteiger charge is -2.12. The highest BCUT2D eigenvalue weighted by Crippen LogP contribution is 2.28. The molecule has 0 radical (unpaired) electrons. The molecular weight excluding hydrogens is 673 g/mol. The maximum Gasteiger partial charge on any atom is 0.265 e. The predicted octanol–water partition coefficient (Wildman–Crippen LogP) is 11.4. The van der Waals surface area contributed by atoms with Crippen LogP contribution in [0.25, 0.3) is 38.6 Å². The molecule has 0 fully saturated rings. The van der Waals surface area contributed by atoms with E-state index < -0.39 is 0 Å². The molecule has 6 aromatic carbocycles. The van der Waals surface area contributed by atoms with Gasteiger partial charge in [0.05, 0.1) is 10.7 Å². The summed E-state index contributed by atoms with van der Waals surface area (Å²) in [6.45, 7) is 10.8. The molecule has 0 saturated carbocycles. The number of nitrogens with one attached hydrogen (secondary N) is 1. The van der Waals surface area contributed by atoms with Gasteiger partial charge in [0, 0.05) is 28.7 Å². The van der Waals surface area contributed by atoms with Gasteiger partial charge in [-0.3, -0.25) is 14.8 Å². The van der Waals surface area contributed by atoms with Crippen LogP contribution >= 0.6 is 11.8 Å². The molecule has 1 aromatic heterocycles. The van der Waals surface area contributed by atoms with Gasteiger partial charge in [-0.15, -0.1) is 22.0 Å². The maximum atomic E-state index is 11.2. The normalized spacial score (nSPS) is 11.0. The van der Waals surface area contributed by atoms with E-state index in [2.05, 4.69) is 114 Å². The Balaban J connectivity index is 0.000000188. The minimum atomic E-state index is -0.268. The zero-order valence-corrected chi connectivity index (χ0v) is 31.2. The number of amides is 1. The molecule has 0 aliphatic rings. The maximum absolute atomic E-state index is 11.2. The number of aromatic nitrogens is 3. The number of hydrogen-bond donors (Lipinski definition) is 2. The van der Waals surface area contributed by atoms with Crippen LogP contribution in [0, 0.1) is 5.92 Å². The van der Waals surface area contributed by atoms with Gasteiger partial charge < -0.3 is 0 Å². The number of aliphatic imine (C=N–C) groups is 1. The fraction of sp³-hybridized carbons (Fsp3) is 0.200. The highest BCUT2D eigenvalue weighted by Gasteiger charge is 2.18. The van der Waals surface area contributed by atoms with Crippen molar-refractivity contribution in [2.75, 3.05) is 5.75 Å². The van der Waals surface area contributed by atoms with E-state index in [-0.39, 0.29) is 13.3 Å². The van der Waals surface area contributed by atoms with Crippen LogP contribution in [0.4, 0.5) is 5.69 Å². The first-order chi connectivity index (χ1) is 25.3. The molecule has 0 aliphatic heterocycles. The second-order valence-electron chi connectivity index (χ2n) is 12.7. The third kappa shape index (κ3) is 10.7. The van der Waals surface area contributed by atoms with E-state index in [4.69, 9.17) is 5.84 Å². The summed E-state index contributed by atoms with van der Waals surface area (Å²) in [6.07, 6.45) is 0. The molecule has 7 nitrogen and oxygen atoms in total. The van der Waals surface area contributed by atoms with Crippen molar-refractivity contribution < 1.29 is 4.79 Å². The fourth-order valence-corrected chi connectivity index (χ4v) is 6.34. The van der Waals surface area contributed by atoms with Crippen LogP contribution < -0.4 is 11.3 Å². The Morgan fingerprint density at radius 2 is 1.26 bits per heavy atom. The number of nitrogens with two attached hydrogens (primary N) is 1. The number of para-hydroxylation sites is 2. The number of rotatable bonds is 7. The fourth-order valence-electron chi connectivity index (χ4n) is 5.54. The van der Waals surface area contributed by atoms with Crippen molar-refractivity contribution in [1.29, 1.82) is 0 Å². The number of fused-ring (bicyclic) bond motifs is 2. The lowest BCUT2D eigenvalue weighted by Crippen LogP contribution is -2.29. The van der Waals surface area contributed by atoms with Gasteiger partial charge in [-0.05, 0) is 69.8 Å². The average Bonchev–Trinajstić information content (AvgIpc) is 3.64. The summed E-state index contributed by atoms with van der Waals surface area (Å²) >= 11 is 1.83. The van der Waals surface area contributed by atoms with Gasteiger partial charge in [0.25, 0.3) is 5.91 Å². The second kappa shape index (κ2) is 19.9. The molecule has 0 aliphatic carbocycles. The average molecular weight is 723 g/mol. The number of carbonyl (C=O) groups is 1. The molecule has 0 unspecified atom stereocenters. The number of nitrogen functional groups attached to an aromatic ring is 1. The first kappa shape index (κ1) is 40.2. The largest absolute Gasteiger partial charge is 0.290 e. The number of benzene rings is 6. The number of nitrogens with zero attached hydrogens (tertiary/aromatic N) is 4. The van der Waals surface area contributed by atoms with Gasteiger partial charge >= 0.3 is 0 Å². The summed E-state index contributed by atoms with van der Waals surface area (Å²) in [4.78, 5) is 15.8. The van der Waals surface area contributed by atoms with E-state index in [1.54, 1.807) is 6.07 Å². The molecule has 7 rings (SSSR count).